The number of rotatable bonds is 4. The Morgan fingerprint density at radius 3 is 2.39 bits per heavy atom. The molecule has 4 heteroatoms. The van der Waals surface area contributed by atoms with Crippen molar-refractivity contribution in [2.45, 2.75) is 39.0 Å². The Bertz CT molecular complexity index is 371. The standard InChI is InChI=1S/C14H21NO3/c1-14(7-4-8-14)9-15-12(16)10-5-2-3-6-11(10)13(17)18/h2-3,10-11H,4-9H2,1H3,(H,15,16)(H,17,18). The van der Waals surface area contributed by atoms with Crippen molar-refractivity contribution in [1.29, 1.82) is 0 Å². The molecule has 4 nitrogen and oxygen atoms in total. The molecule has 2 aliphatic rings. The van der Waals surface area contributed by atoms with Crippen molar-refractivity contribution in [3.05, 3.63) is 12.2 Å². The van der Waals surface area contributed by atoms with Crippen molar-refractivity contribution >= 4 is 11.9 Å². The van der Waals surface area contributed by atoms with E-state index in [-0.39, 0.29) is 11.3 Å². The zero-order valence-electron chi connectivity index (χ0n) is 10.8. The highest BCUT2D eigenvalue weighted by atomic mass is 16.4. The zero-order chi connectivity index (χ0) is 13.2. The monoisotopic (exact) mass is 251 g/mol. The molecule has 0 bridgehead atoms. The fraction of sp³-hybridized carbons (Fsp3) is 0.714. The minimum atomic E-state index is -0.866. The molecule has 18 heavy (non-hydrogen) atoms. The summed E-state index contributed by atoms with van der Waals surface area (Å²) in [6.45, 7) is 2.85. The van der Waals surface area contributed by atoms with E-state index in [0.29, 0.717) is 19.4 Å². The average Bonchev–Trinajstić information content (AvgIpc) is 2.33. The van der Waals surface area contributed by atoms with Crippen LogP contribution in [0.25, 0.3) is 0 Å². The summed E-state index contributed by atoms with van der Waals surface area (Å²) in [4.78, 5) is 23.2. The maximum Gasteiger partial charge on any atom is 0.307 e. The van der Waals surface area contributed by atoms with E-state index in [0.717, 1.165) is 12.8 Å². The predicted octanol–water partition coefficient (Wildman–Crippen LogP) is 1.96. The van der Waals surface area contributed by atoms with Crippen molar-refractivity contribution in [2.24, 2.45) is 17.3 Å². The first-order chi connectivity index (χ1) is 8.52. The molecule has 0 aliphatic heterocycles. The molecule has 100 valence electrons. The summed E-state index contributed by atoms with van der Waals surface area (Å²) in [6, 6.07) is 0. The second-order valence-corrected chi connectivity index (χ2v) is 5.88. The number of carbonyl (C=O) groups excluding carboxylic acids is 1. The summed E-state index contributed by atoms with van der Waals surface area (Å²) in [7, 11) is 0. The molecule has 2 unspecified atom stereocenters. The summed E-state index contributed by atoms with van der Waals surface area (Å²) >= 11 is 0. The van der Waals surface area contributed by atoms with E-state index in [4.69, 9.17) is 5.11 Å². The van der Waals surface area contributed by atoms with Gasteiger partial charge in [-0.15, -0.1) is 0 Å². The number of amides is 1. The van der Waals surface area contributed by atoms with Gasteiger partial charge in [-0.25, -0.2) is 0 Å². The van der Waals surface area contributed by atoms with Crippen LogP contribution in [0.3, 0.4) is 0 Å². The average molecular weight is 251 g/mol. The highest BCUT2D eigenvalue weighted by molar-refractivity contribution is 5.85. The van der Waals surface area contributed by atoms with Crippen LogP contribution >= 0.6 is 0 Å². The van der Waals surface area contributed by atoms with Gasteiger partial charge in [-0.2, -0.15) is 0 Å². The normalized spacial score (nSPS) is 29.4. The molecule has 0 aromatic rings. The molecule has 0 aromatic heterocycles. The molecule has 0 radical (unpaired) electrons. The number of allylic oxidation sites excluding steroid dienone is 2. The van der Waals surface area contributed by atoms with E-state index in [1.54, 1.807) is 0 Å². The summed E-state index contributed by atoms with van der Waals surface area (Å²) in [5.74, 6) is -1.94. The van der Waals surface area contributed by atoms with Gasteiger partial charge < -0.3 is 10.4 Å². The second kappa shape index (κ2) is 5.12. The molecule has 1 fully saturated rings. The second-order valence-electron chi connectivity index (χ2n) is 5.88. The van der Waals surface area contributed by atoms with E-state index < -0.39 is 17.8 Å². The van der Waals surface area contributed by atoms with Crippen LogP contribution in [0.5, 0.6) is 0 Å². The highest BCUT2D eigenvalue weighted by Gasteiger charge is 2.36. The van der Waals surface area contributed by atoms with Crippen LogP contribution in [0, 0.1) is 17.3 Å². The Kier molecular flexibility index (Phi) is 3.73. The minimum absolute atomic E-state index is 0.0973. The molecule has 0 heterocycles. The maximum atomic E-state index is 12.1. The van der Waals surface area contributed by atoms with Crippen molar-refractivity contribution in [2.75, 3.05) is 6.54 Å². The fourth-order valence-corrected chi connectivity index (χ4v) is 2.77. The van der Waals surface area contributed by atoms with Crippen LogP contribution in [-0.4, -0.2) is 23.5 Å². The Morgan fingerprint density at radius 1 is 1.28 bits per heavy atom. The smallest absolute Gasteiger partial charge is 0.307 e. The van der Waals surface area contributed by atoms with Crippen LogP contribution in [0.4, 0.5) is 0 Å². The van der Waals surface area contributed by atoms with Crippen LogP contribution in [0.2, 0.25) is 0 Å². The van der Waals surface area contributed by atoms with Crippen LogP contribution in [-0.2, 0) is 9.59 Å². The number of carbonyl (C=O) groups is 2. The van der Waals surface area contributed by atoms with Gasteiger partial charge in [0.2, 0.25) is 5.91 Å². The Labute approximate surface area is 107 Å². The van der Waals surface area contributed by atoms with Crippen molar-refractivity contribution in [1.82, 2.24) is 5.32 Å². The summed E-state index contributed by atoms with van der Waals surface area (Å²) in [5.41, 5.74) is 0.235. The molecule has 1 amide bonds. The summed E-state index contributed by atoms with van der Waals surface area (Å²) < 4.78 is 0. The van der Waals surface area contributed by atoms with Gasteiger partial charge in [0.25, 0.3) is 0 Å². The SMILES string of the molecule is CC1(CNC(=O)C2CC=CCC2C(=O)O)CCC1. The number of aliphatic carboxylic acids is 1. The lowest BCUT2D eigenvalue weighted by Crippen LogP contribution is -2.44. The summed E-state index contributed by atoms with van der Waals surface area (Å²) in [6.07, 6.45) is 8.31. The quantitative estimate of drug-likeness (QED) is 0.751. The lowest BCUT2D eigenvalue weighted by molar-refractivity contribution is -0.147. The number of hydrogen-bond donors (Lipinski definition) is 2. The number of carboxylic acids is 1. The van der Waals surface area contributed by atoms with Gasteiger partial charge in [0.15, 0.2) is 0 Å². The third-order valence-corrected chi connectivity index (χ3v) is 4.34. The number of carboxylic acid groups (broad SMARTS) is 1. The fourth-order valence-electron chi connectivity index (χ4n) is 2.77. The predicted molar refractivity (Wildman–Crippen MR) is 68.0 cm³/mol. The molecule has 2 rings (SSSR count). The van der Waals surface area contributed by atoms with E-state index in [2.05, 4.69) is 12.2 Å². The minimum Gasteiger partial charge on any atom is -0.481 e. The summed E-state index contributed by atoms with van der Waals surface area (Å²) in [5, 5.41) is 12.1. The van der Waals surface area contributed by atoms with Gasteiger partial charge >= 0.3 is 5.97 Å². The Hall–Kier alpha value is -1.32. The first kappa shape index (κ1) is 13.1. The molecule has 2 atom stereocenters. The van der Waals surface area contributed by atoms with Gasteiger partial charge in [0, 0.05) is 6.54 Å². The van der Waals surface area contributed by atoms with Crippen LogP contribution < -0.4 is 5.32 Å². The van der Waals surface area contributed by atoms with E-state index in [9.17, 15) is 9.59 Å². The van der Waals surface area contributed by atoms with Crippen LogP contribution in [0.1, 0.15) is 39.0 Å². The van der Waals surface area contributed by atoms with E-state index in [1.807, 2.05) is 12.2 Å². The molecule has 0 saturated heterocycles. The molecular weight excluding hydrogens is 230 g/mol. The topological polar surface area (TPSA) is 66.4 Å². The first-order valence-corrected chi connectivity index (χ1v) is 6.67. The van der Waals surface area contributed by atoms with Gasteiger partial charge in [-0.1, -0.05) is 25.5 Å². The Balaban J connectivity index is 1.90. The molecule has 0 aromatic carbocycles. The van der Waals surface area contributed by atoms with E-state index >= 15 is 0 Å². The van der Waals surface area contributed by atoms with Crippen molar-refractivity contribution in [3.8, 4) is 0 Å². The number of nitrogens with one attached hydrogen (secondary N) is 1. The third kappa shape index (κ3) is 2.74. The largest absolute Gasteiger partial charge is 0.481 e. The highest BCUT2D eigenvalue weighted by Crippen LogP contribution is 2.39. The number of hydrogen-bond acceptors (Lipinski definition) is 2. The molecular formula is C14H21NO3. The van der Waals surface area contributed by atoms with Gasteiger partial charge in [0.05, 0.1) is 11.8 Å². The van der Waals surface area contributed by atoms with Crippen molar-refractivity contribution in [3.63, 3.8) is 0 Å². The molecule has 2 aliphatic carbocycles. The molecule has 2 N–H and O–H groups in total. The third-order valence-electron chi connectivity index (χ3n) is 4.34. The Morgan fingerprint density at radius 2 is 1.89 bits per heavy atom. The van der Waals surface area contributed by atoms with Gasteiger partial charge in [0.1, 0.15) is 0 Å². The maximum absolute atomic E-state index is 12.1. The first-order valence-electron chi connectivity index (χ1n) is 6.67. The zero-order valence-corrected chi connectivity index (χ0v) is 10.8. The van der Waals surface area contributed by atoms with Crippen LogP contribution in [0.15, 0.2) is 12.2 Å². The van der Waals surface area contributed by atoms with Gasteiger partial charge in [-0.3, -0.25) is 9.59 Å². The van der Waals surface area contributed by atoms with Crippen molar-refractivity contribution < 1.29 is 14.7 Å². The lowest BCUT2D eigenvalue weighted by Gasteiger charge is -2.39. The van der Waals surface area contributed by atoms with E-state index in [1.165, 1.54) is 6.42 Å². The lowest BCUT2D eigenvalue weighted by atomic mass is 9.70. The molecule has 0 spiro atoms. The van der Waals surface area contributed by atoms with Gasteiger partial charge in [-0.05, 0) is 31.1 Å². The molecule has 1 saturated carbocycles.